The van der Waals surface area contributed by atoms with E-state index in [0.29, 0.717) is 52.3 Å². The first-order valence-electron chi connectivity index (χ1n) is 12.0. The van der Waals surface area contributed by atoms with E-state index in [1.165, 1.54) is 13.2 Å². The summed E-state index contributed by atoms with van der Waals surface area (Å²) in [4.78, 5) is 30.2. The highest BCUT2D eigenvalue weighted by Crippen LogP contribution is 2.36. The molecule has 6 rings (SSSR count). The Morgan fingerprint density at radius 2 is 1.75 bits per heavy atom. The maximum atomic E-state index is 13.0. The van der Waals surface area contributed by atoms with E-state index in [1.54, 1.807) is 12.1 Å². The van der Waals surface area contributed by atoms with Crippen LogP contribution in [0.4, 0.5) is 0 Å². The molecule has 2 aromatic heterocycles. The largest absolute Gasteiger partial charge is 0.493 e. The van der Waals surface area contributed by atoms with E-state index in [4.69, 9.17) is 23.0 Å². The predicted octanol–water partition coefficient (Wildman–Crippen LogP) is 3.06. The third-order valence-corrected chi connectivity index (χ3v) is 6.83. The molecule has 0 bridgehead atoms. The van der Waals surface area contributed by atoms with Crippen molar-refractivity contribution in [3.63, 3.8) is 0 Å². The summed E-state index contributed by atoms with van der Waals surface area (Å²) in [5.74, 6) is 1.15. The zero-order chi connectivity index (χ0) is 24.6. The summed E-state index contributed by atoms with van der Waals surface area (Å²) in [5.41, 5.74) is 1.24. The summed E-state index contributed by atoms with van der Waals surface area (Å²) in [6.45, 7) is 6.12. The summed E-state index contributed by atoms with van der Waals surface area (Å²) >= 11 is 0. The monoisotopic (exact) mass is 490 g/mol. The van der Waals surface area contributed by atoms with Crippen molar-refractivity contribution in [1.82, 2.24) is 9.80 Å². The standard InChI is InChI=1S/C27H26N2O7/c1-32-23-4-2-3-17-13-20(27(31)36-25(17)23)19-14-24(30)35-26-18(19)5-6-22-21(26)15-29(16-34-22)8-7-28-9-11-33-12-10-28/h2-6,13-14H,7-12,15-16H2,1H3. The molecule has 2 aliphatic rings. The molecule has 0 N–H and O–H groups in total. The number of benzene rings is 2. The highest BCUT2D eigenvalue weighted by atomic mass is 16.5. The Bertz CT molecular complexity index is 1550. The molecule has 1 fully saturated rings. The van der Waals surface area contributed by atoms with Crippen LogP contribution in [0.25, 0.3) is 33.1 Å². The Labute approximate surface area is 206 Å². The van der Waals surface area contributed by atoms with Crippen molar-refractivity contribution in [1.29, 1.82) is 0 Å². The quantitative estimate of drug-likeness (QED) is 0.391. The lowest BCUT2D eigenvalue weighted by Crippen LogP contribution is -2.43. The zero-order valence-corrected chi connectivity index (χ0v) is 20.0. The Morgan fingerprint density at radius 3 is 2.58 bits per heavy atom. The molecule has 1 saturated heterocycles. The molecule has 9 nitrogen and oxygen atoms in total. The van der Waals surface area contributed by atoms with Crippen molar-refractivity contribution < 1.29 is 23.0 Å². The van der Waals surface area contributed by atoms with E-state index >= 15 is 0 Å². The van der Waals surface area contributed by atoms with Crippen LogP contribution in [-0.4, -0.2) is 63.0 Å². The van der Waals surface area contributed by atoms with E-state index in [0.717, 1.165) is 45.0 Å². The van der Waals surface area contributed by atoms with Crippen molar-refractivity contribution in [3.8, 4) is 22.6 Å². The number of methoxy groups -OCH3 is 1. The molecule has 4 heterocycles. The molecular formula is C27H26N2O7. The summed E-state index contributed by atoms with van der Waals surface area (Å²) in [6, 6.07) is 12.1. The van der Waals surface area contributed by atoms with Crippen LogP contribution in [0.2, 0.25) is 0 Å². The molecule has 4 aromatic rings. The van der Waals surface area contributed by atoms with Gasteiger partial charge in [-0.2, -0.15) is 0 Å². The second-order valence-corrected chi connectivity index (χ2v) is 9.00. The first-order valence-corrected chi connectivity index (χ1v) is 12.0. The molecule has 2 aliphatic heterocycles. The number of hydrogen-bond acceptors (Lipinski definition) is 9. The Hall–Kier alpha value is -3.66. The van der Waals surface area contributed by atoms with Gasteiger partial charge < -0.3 is 23.0 Å². The van der Waals surface area contributed by atoms with Gasteiger partial charge in [0.25, 0.3) is 0 Å². The third kappa shape index (κ3) is 4.15. The fourth-order valence-electron chi connectivity index (χ4n) is 4.92. The molecule has 0 atom stereocenters. The van der Waals surface area contributed by atoms with Gasteiger partial charge in [0.2, 0.25) is 0 Å². The fraction of sp³-hybridized carbons (Fsp3) is 0.333. The number of hydrogen-bond donors (Lipinski definition) is 0. The van der Waals surface area contributed by atoms with E-state index < -0.39 is 11.3 Å². The van der Waals surface area contributed by atoms with Crippen LogP contribution >= 0.6 is 0 Å². The maximum Gasteiger partial charge on any atom is 0.344 e. The Morgan fingerprint density at radius 1 is 0.917 bits per heavy atom. The lowest BCUT2D eigenvalue weighted by atomic mass is 9.99. The van der Waals surface area contributed by atoms with Gasteiger partial charge in [-0.25, -0.2) is 9.59 Å². The topological polar surface area (TPSA) is 94.6 Å². The minimum absolute atomic E-state index is 0.287. The average molecular weight is 491 g/mol. The number of ether oxygens (including phenoxy) is 3. The van der Waals surface area contributed by atoms with Crippen LogP contribution in [0, 0.1) is 0 Å². The highest BCUT2D eigenvalue weighted by molar-refractivity contribution is 5.97. The number of rotatable bonds is 5. The van der Waals surface area contributed by atoms with Gasteiger partial charge in [0.1, 0.15) is 18.1 Å². The highest BCUT2D eigenvalue weighted by Gasteiger charge is 2.24. The lowest BCUT2D eigenvalue weighted by Gasteiger charge is -2.32. The van der Waals surface area contributed by atoms with Crippen LogP contribution in [0.15, 0.2) is 60.9 Å². The van der Waals surface area contributed by atoms with E-state index in [2.05, 4.69) is 9.80 Å². The van der Waals surface area contributed by atoms with Gasteiger partial charge in [0, 0.05) is 55.1 Å². The van der Waals surface area contributed by atoms with Crippen molar-refractivity contribution in [2.45, 2.75) is 6.54 Å². The normalized spacial score (nSPS) is 16.7. The summed E-state index contributed by atoms with van der Waals surface area (Å²) < 4.78 is 28.1. The fourth-order valence-corrected chi connectivity index (χ4v) is 4.92. The average Bonchev–Trinajstić information content (AvgIpc) is 2.91. The van der Waals surface area contributed by atoms with Gasteiger partial charge in [-0.3, -0.25) is 9.80 Å². The molecule has 2 aromatic carbocycles. The van der Waals surface area contributed by atoms with Crippen molar-refractivity contribution in [3.05, 3.63) is 68.9 Å². The Kier molecular flexibility index (Phi) is 5.96. The van der Waals surface area contributed by atoms with Gasteiger partial charge in [0.05, 0.1) is 31.5 Å². The van der Waals surface area contributed by atoms with Crippen molar-refractivity contribution in [2.24, 2.45) is 0 Å². The Balaban J connectivity index is 1.39. The molecule has 186 valence electrons. The lowest BCUT2D eigenvalue weighted by molar-refractivity contribution is 0.0241. The molecular weight excluding hydrogens is 464 g/mol. The molecule has 0 unspecified atom stereocenters. The first kappa shape index (κ1) is 22.8. The molecule has 0 radical (unpaired) electrons. The van der Waals surface area contributed by atoms with Gasteiger partial charge >= 0.3 is 11.3 Å². The van der Waals surface area contributed by atoms with E-state index in [9.17, 15) is 9.59 Å². The number of nitrogens with zero attached hydrogens (tertiary/aromatic N) is 2. The van der Waals surface area contributed by atoms with Crippen LogP contribution in [0.1, 0.15) is 5.56 Å². The molecule has 36 heavy (non-hydrogen) atoms. The molecule has 0 spiro atoms. The van der Waals surface area contributed by atoms with Gasteiger partial charge in [-0.1, -0.05) is 12.1 Å². The third-order valence-electron chi connectivity index (χ3n) is 6.83. The number of para-hydroxylation sites is 1. The van der Waals surface area contributed by atoms with Crippen LogP contribution in [-0.2, 0) is 11.3 Å². The van der Waals surface area contributed by atoms with Crippen LogP contribution < -0.4 is 20.7 Å². The van der Waals surface area contributed by atoms with E-state index in [1.807, 2.05) is 24.3 Å². The predicted molar refractivity (Wildman–Crippen MR) is 134 cm³/mol. The number of morpholine rings is 1. The SMILES string of the molecule is COc1cccc2cc(-c3cc(=O)oc4c5c(ccc34)OCN(CCN3CCOCC3)C5)c(=O)oc12. The van der Waals surface area contributed by atoms with Crippen molar-refractivity contribution in [2.75, 3.05) is 53.2 Å². The molecule has 9 heteroatoms. The summed E-state index contributed by atoms with van der Waals surface area (Å²) in [5, 5.41) is 1.35. The van der Waals surface area contributed by atoms with Gasteiger partial charge in [-0.15, -0.1) is 0 Å². The zero-order valence-electron chi connectivity index (χ0n) is 20.0. The second kappa shape index (κ2) is 9.42. The van der Waals surface area contributed by atoms with Gasteiger partial charge in [-0.05, 0) is 24.3 Å². The maximum absolute atomic E-state index is 13.0. The molecule has 0 saturated carbocycles. The first-order chi connectivity index (χ1) is 17.6. The van der Waals surface area contributed by atoms with Crippen LogP contribution in [0.5, 0.6) is 11.5 Å². The van der Waals surface area contributed by atoms with Gasteiger partial charge in [0.15, 0.2) is 11.3 Å². The van der Waals surface area contributed by atoms with Crippen LogP contribution in [0.3, 0.4) is 0 Å². The summed E-state index contributed by atoms with van der Waals surface area (Å²) in [7, 11) is 1.52. The minimum Gasteiger partial charge on any atom is -0.493 e. The smallest absolute Gasteiger partial charge is 0.344 e. The second-order valence-electron chi connectivity index (χ2n) is 9.00. The van der Waals surface area contributed by atoms with Crippen molar-refractivity contribution >= 4 is 21.9 Å². The minimum atomic E-state index is -0.556. The molecule has 0 aliphatic carbocycles. The van der Waals surface area contributed by atoms with E-state index in [-0.39, 0.29) is 5.56 Å². The molecule has 0 amide bonds. The number of fused-ring (bicyclic) bond motifs is 4. The summed E-state index contributed by atoms with van der Waals surface area (Å²) in [6.07, 6.45) is 0.